The zero-order valence-electron chi connectivity index (χ0n) is 17.5. The summed E-state index contributed by atoms with van der Waals surface area (Å²) in [6.45, 7) is 8.62. The Hall–Kier alpha value is -1.97. The summed E-state index contributed by atoms with van der Waals surface area (Å²) in [5, 5.41) is 5.05. The number of hydrogen-bond acceptors (Lipinski definition) is 5. The quantitative estimate of drug-likeness (QED) is 0.641. The van der Waals surface area contributed by atoms with Crippen molar-refractivity contribution in [3.05, 3.63) is 29.3 Å². The van der Waals surface area contributed by atoms with E-state index in [0.29, 0.717) is 31.1 Å². The van der Waals surface area contributed by atoms with Gasteiger partial charge in [0.2, 0.25) is 10.0 Å². The van der Waals surface area contributed by atoms with E-state index in [9.17, 15) is 18.0 Å². The number of nitrogens with zero attached hydrogens (tertiary/aromatic N) is 1. The Morgan fingerprint density at radius 3 is 2.59 bits per heavy atom. The van der Waals surface area contributed by atoms with E-state index in [-0.39, 0.29) is 18.0 Å². The van der Waals surface area contributed by atoms with Crippen LogP contribution >= 0.6 is 0 Å². The Morgan fingerprint density at radius 2 is 1.90 bits per heavy atom. The fourth-order valence-electron chi connectivity index (χ4n) is 3.03. The fraction of sp³-hybridized carbons (Fsp3) is 0.600. The lowest BCUT2D eigenvalue weighted by atomic mass is 10.1. The van der Waals surface area contributed by atoms with E-state index in [1.807, 2.05) is 26.8 Å². The van der Waals surface area contributed by atoms with Crippen molar-refractivity contribution < 1.29 is 22.7 Å². The number of amides is 2. The molecule has 1 atom stereocenters. The van der Waals surface area contributed by atoms with Crippen molar-refractivity contribution in [2.24, 2.45) is 5.92 Å². The van der Waals surface area contributed by atoms with Crippen LogP contribution in [0.15, 0.2) is 23.1 Å². The lowest BCUT2D eigenvalue weighted by Crippen LogP contribution is -2.53. The molecule has 162 valence electrons. The van der Waals surface area contributed by atoms with E-state index in [0.717, 1.165) is 12.0 Å². The summed E-state index contributed by atoms with van der Waals surface area (Å²) in [5.74, 6) is -1.12. The zero-order valence-corrected chi connectivity index (χ0v) is 18.3. The van der Waals surface area contributed by atoms with E-state index in [1.165, 1.54) is 4.31 Å². The fourth-order valence-corrected chi connectivity index (χ4v) is 4.91. The number of sulfonamides is 1. The summed E-state index contributed by atoms with van der Waals surface area (Å²) in [7, 11) is -3.80. The van der Waals surface area contributed by atoms with E-state index < -0.39 is 28.1 Å². The van der Waals surface area contributed by atoms with Gasteiger partial charge in [0.15, 0.2) is 0 Å². The topological polar surface area (TPSA) is 105 Å². The van der Waals surface area contributed by atoms with Gasteiger partial charge in [-0.15, -0.1) is 0 Å². The van der Waals surface area contributed by atoms with Crippen molar-refractivity contribution in [2.75, 3.05) is 26.2 Å². The van der Waals surface area contributed by atoms with E-state index in [4.69, 9.17) is 4.74 Å². The van der Waals surface area contributed by atoms with Gasteiger partial charge >= 0.3 is 11.8 Å². The van der Waals surface area contributed by atoms with Crippen molar-refractivity contribution in [3.8, 4) is 0 Å². The van der Waals surface area contributed by atoms with Gasteiger partial charge < -0.3 is 15.4 Å². The van der Waals surface area contributed by atoms with E-state index >= 15 is 0 Å². The molecule has 2 rings (SSSR count). The highest BCUT2D eigenvalue weighted by atomic mass is 32.2. The second-order valence-corrected chi connectivity index (χ2v) is 9.57. The van der Waals surface area contributed by atoms with Crippen molar-refractivity contribution in [1.29, 1.82) is 0 Å². The molecular weight excluding hydrogens is 394 g/mol. The first kappa shape index (κ1) is 23.3. The highest BCUT2D eigenvalue weighted by Gasteiger charge is 2.35. The average molecular weight is 426 g/mol. The standard InChI is InChI=1S/C20H31N3O5S/c1-14(2)8-9-21-19(24)20(25)22-13-18-23(10-5-11-28-18)29(26,27)17-12-15(3)6-7-16(17)4/h6-7,12,14,18H,5,8-11,13H2,1-4H3,(H,21,24)(H,22,25). The number of hydrogen-bond donors (Lipinski definition) is 2. The summed E-state index contributed by atoms with van der Waals surface area (Å²) in [6, 6.07) is 5.26. The van der Waals surface area contributed by atoms with Gasteiger partial charge in [-0.2, -0.15) is 4.31 Å². The maximum Gasteiger partial charge on any atom is 0.309 e. The number of aryl methyl sites for hydroxylation is 2. The van der Waals surface area contributed by atoms with Crippen molar-refractivity contribution in [3.63, 3.8) is 0 Å². The minimum atomic E-state index is -3.80. The normalized spacial score (nSPS) is 17.9. The van der Waals surface area contributed by atoms with E-state index in [1.54, 1.807) is 19.1 Å². The van der Waals surface area contributed by atoms with Crippen molar-refractivity contribution in [2.45, 2.75) is 51.7 Å². The number of rotatable bonds is 7. The molecule has 1 unspecified atom stereocenters. The van der Waals surface area contributed by atoms with Crippen LogP contribution in [0.1, 0.15) is 37.8 Å². The maximum absolute atomic E-state index is 13.2. The number of benzene rings is 1. The van der Waals surface area contributed by atoms with Gasteiger partial charge in [0.25, 0.3) is 0 Å². The summed E-state index contributed by atoms with van der Waals surface area (Å²) >= 11 is 0. The van der Waals surface area contributed by atoms with Crippen LogP contribution in [-0.2, 0) is 24.3 Å². The Kier molecular flexibility index (Phi) is 8.18. The van der Waals surface area contributed by atoms with Crippen LogP contribution in [0.3, 0.4) is 0 Å². The average Bonchev–Trinajstić information content (AvgIpc) is 2.67. The van der Waals surface area contributed by atoms with Crippen LogP contribution in [0.2, 0.25) is 0 Å². The monoisotopic (exact) mass is 425 g/mol. The van der Waals surface area contributed by atoms with Gasteiger partial charge in [-0.3, -0.25) is 9.59 Å². The van der Waals surface area contributed by atoms with Gasteiger partial charge in [0.1, 0.15) is 6.23 Å². The molecule has 9 heteroatoms. The van der Waals surface area contributed by atoms with Crippen LogP contribution in [-0.4, -0.2) is 57.0 Å². The molecule has 0 aliphatic carbocycles. The maximum atomic E-state index is 13.2. The predicted molar refractivity (Wildman–Crippen MR) is 110 cm³/mol. The molecular formula is C20H31N3O5S. The first-order chi connectivity index (χ1) is 13.6. The molecule has 1 aliphatic heterocycles. The molecule has 1 aromatic rings. The molecule has 0 saturated carbocycles. The SMILES string of the molecule is Cc1ccc(C)c(S(=O)(=O)N2CCCOC2CNC(=O)C(=O)NCCC(C)C)c1. The summed E-state index contributed by atoms with van der Waals surface area (Å²) < 4.78 is 33.3. The lowest BCUT2D eigenvalue weighted by Gasteiger charge is -2.35. The Labute approximate surface area is 173 Å². The lowest BCUT2D eigenvalue weighted by molar-refractivity contribution is -0.140. The third kappa shape index (κ3) is 6.25. The molecule has 29 heavy (non-hydrogen) atoms. The van der Waals surface area contributed by atoms with Crippen LogP contribution in [0.25, 0.3) is 0 Å². The molecule has 1 heterocycles. The second-order valence-electron chi connectivity index (χ2n) is 7.71. The first-order valence-corrected chi connectivity index (χ1v) is 11.3. The molecule has 1 saturated heterocycles. The van der Waals surface area contributed by atoms with Gasteiger partial charge in [-0.05, 0) is 49.8 Å². The molecule has 0 bridgehead atoms. The van der Waals surface area contributed by atoms with Crippen LogP contribution < -0.4 is 10.6 Å². The highest BCUT2D eigenvalue weighted by Crippen LogP contribution is 2.25. The summed E-state index contributed by atoms with van der Waals surface area (Å²) in [5.41, 5.74) is 1.49. The second kappa shape index (κ2) is 10.2. The van der Waals surface area contributed by atoms with E-state index in [2.05, 4.69) is 10.6 Å². The number of carbonyl (C=O) groups excluding carboxylic acids is 2. The highest BCUT2D eigenvalue weighted by molar-refractivity contribution is 7.89. The van der Waals surface area contributed by atoms with Crippen molar-refractivity contribution in [1.82, 2.24) is 14.9 Å². The van der Waals surface area contributed by atoms with Crippen LogP contribution in [0, 0.1) is 19.8 Å². The van der Waals surface area contributed by atoms with Gasteiger partial charge in [0, 0.05) is 13.1 Å². The molecule has 2 amide bonds. The van der Waals surface area contributed by atoms with Crippen LogP contribution in [0.5, 0.6) is 0 Å². The van der Waals surface area contributed by atoms with Gasteiger partial charge in [0.05, 0.1) is 18.0 Å². The van der Waals surface area contributed by atoms with Gasteiger partial charge in [-0.25, -0.2) is 8.42 Å². The number of nitrogens with one attached hydrogen (secondary N) is 2. The predicted octanol–water partition coefficient (Wildman–Crippen LogP) is 1.32. The largest absolute Gasteiger partial charge is 0.360 e. The number of ether oxygens (including phenoxy) is 1. The van der Waals surface area contributed by atoms with Crippen molar-refractivity contribution >= 4 is 21.8 Å². The minimum Gasteiger partial charge on any atom is -0.360 e. The van der Waals surface area contributed by atoms with Gasteiger partial charge in [-0.1, -0.05) is 26.0 Å². The Morgan fingerprint density at radius 1 is 1.21 bits per heavy atom. The molecule has 1 aliphatic rings. The molecule has 0 spiro atoms. The zero-order chi connectivity index (χ0) is 21.6. The Bertz CT molecular complexity index is 839. The molecule has 8 nitrogen and oxygen atoms in total. The third-order valence-electron chi connectivity index (χ3n) is 4.74. The molecule has 0 aromatic heterocycles. The molecule has 1 aromatic carbocycles. The number of carbonyl (C=O) groups is 2. The molecule has 1 fully saturated rings. The summed E-state index contributed by atoms with van der Waals surface area (Å²) in [6.07, 6.45) is 0.470. The minimum absolute atomic E-state index is 0.0967. The Balaban J connectivity index is 2.05. The smallest absolute Gasteiger partial charge is 0.309 e. The first-order valence-electron chi connectivity index (χ1n) is 9.89. The third-order valence-corrected chi connectivity index (χ3v) is 6.77. The van der Waals surface area contributed by atoms with Crippen LogP contribution in [0.4, 0.5) is 0 Å². The molecule has 2 N–H and O–H groups in total. The summed E-state index contributed by atoms with van der Waals surface area (Å²) in [4.78, 5) is 24.2. The molecule has 0 radical (unpaired) electrons.